The van der Waals surface area contributed by atoms with Gasteiger partial charge in [-0.2, -0.15) is 0 Å². The highest BCUT2D eigenvalue weighted by molar-refractivity contribution is 7.12. The van der Waals surface area contributed by atoms with E-state index in [9.17, 15) is 0 Å². The molecule has 1 aromatic carbocycles. The van der Waals surface area contributed by atoms with Gasteiger partial charge >= 0.3 is 0 Å². The maximum absolute atomic E-state index is 6.25. The maximum Gasteiger partial charge on any atom is 0.148 e. The summed E-state index contributed by atoms with van der Waals surface area (Å²) in [5.74, 6) is 0.941. The number of rotatable bonds is 4. The lowest BCUT2D eigenvalue weighted by molar-refractivity contribution is 0.182. The average Bonchev–Trinajstić information content (AvgIpc) is 2.77. The van der Waals surface area contributed by atoms with Crippen molar-refractivity contribution in [3.05, 3.63) is 50.7 Å². The first-order chi connectivity index (χ1) is 9.38. The van der Waals surface area contributed by atoms with E-state index in [1.807, 2.05) is 6.92 Å². The van der Waals surface area contributed by atoms with Gasteiger partial charge in [-0.05, 0) is 69.5 Å². The lowest BCUT2D eigenvalue weighted by Gasteiger charge is -2.23. The molecule has 0 aliphatic carbocycles. The molecule has 2 rings (SSSR count). The van der Waals surface area contributed by atoms with Crippen LogP contribution in [-0.2, 0) is 0 Å². The zero-order chi connectivity index (χ0) is 14.9. The van der Waals surface area contributed by atoms with Gasteiger partial charge in [-0.25, -0.2) is 0 Å². The van der Waals surface area contributed by atoms with Crippen molar-refractivity contribution in [2.24, 2.45) is 5.73 Å². The highest BCUT2D eigenvalue weighted by Gasteiger charge is 2.21. The van der Waals surface area contributed by atoms with Crippen LogP contribution in [0.2, 0.25) is 0 Å². The molecule has 2 N–H and O–H groups in total. The summed E-state index contributed by atoms with van der Waals surface area (Å²) in [4.78, 5) is 2.47. The van der Waals surface area contributed by atoms with Gasteiger partial charge in [0.1, 0.15) is 11.9 Å². The molecule has 2 unspecified atom stereocenters. The van der Waals surface area contributed by atoms with Crippen molar-refractivity contribution in [3.63, 3.8) is 0 Å². The lowest BCUT2D eigenvalue weighted by atomic mass is 10.1. The average molecular weight is 289 g/mol. The molecule has 0 spiro atoms. The number of benzene rings is 1. The van der Waals surface area contributed by atoms with Crippen molar-refractivity contribution < 1.29 is 4.74 Å². The van der Waals surface area contributed by atoms with Crippen LogP contribution in [-0.4, -0.2) is 6.04 Å². The van der Waals surface area contributed by atoms with Crippen LogP contribution in [0.3, 0.4) is 0 Å². The number of hydrogen-bond acceptors (Lipinski definition) is 3. The molecule has 0 aliphatic heterocycles. The van der Waals surface area contributed by atoms with Crippen LogP contribution >= 0.6 is 11.3 Å². The molecule has 0 fully saturated rings. The molecular formula is C17H23NOS. The Morgan fingerprint density at radius 3 is 2.35 bits per heavy atom. The van der Waals surface area contributed by atoms with Gasteiger partial charge in [0, 0.05) is 15.8 Å². The molecule has 0 bridgehead atoms. The van der Waals surface area contributed by atoms with Crippen molar-refractivity contribution in [1.29, 1.82) is 0 Å². The molecule has 0 saturated heterocycles. The predicted octanol–water partition coefficient (Wildman–Crippen LogP) is 4.45. The van der Waals surface area contributed by atoms with E-state index in [0.717, 1.165) is 5.75 Å². The SMILES string of the molecule is Cc1cc(C)c(C)c(OC(c2ccc(C)s2)C(C)N)c1. The van der Waals surface area contributed by atoms with Crippen LogP contribution in [0.25, 0.3) is 0 Å². The van der Waals surface area contributed by atoms with E-state index in [1.165, 1.54) is 26.4 Å². The van der Waals surface area contributed by atoms with E-state index in [4.69, 9.17) is 10.5 Å². The van der Waals surface area contributed by atoms with Crippen molar-refractivity contribution in [2.75, 3.05) is 0 Å². The lowest BCUT2D eigenvalue weighted by Crippen LogP contribution is -2.28. The minimum atomic E-state index is -0.0893. The van der Waals surface area contributed by atoms with Crippen LogP contribution in [0.15, 0.2) is 24.3 Å². The molecular weight excluding hydrogens is 266 g/mol. The van der Waals surface area contributed by atoms with Gasteiger partial charge in [0.25, 0.3) is 0 Å². The third kappa shape index (κ3) is 3.22. The van der Waals surface area contributed by atoms with Gasteiger partial charge in [-0.1, -0.05) is 6.07 Å². The first-order valence-corrected chi connectivity index (χ1v) is 7.76. The standard InChI is InChI=1S/C17H23NOS/c1-10-8-11(2)13(4)15(9-10)19-17(14(5)18)16-7-6-12(3)20-16/h6-9,14,17H,18H2,1-5H3. The van der Waals surface area contributed by atoms with Crippen LogP contribution in [0.5, 0.6) is 5.75 Å². The third-order valence-corrected chi connectivity index (χ3v) is 4.60. The largest absolute Gasteiger partial charge is 0.483 e. The van der Waals surface area contributed by atoms with Gasteiger partial charge < -0.3 is 10.5 Å². The molecule has 0 saturated carbocycles. The second kappa shape index (κ2) is 5.98. The zero-order valence-corrected chi connectivity index (χ0v) is 13.7. The number of hydrogen-bond donors (Lipinski definition) is 1. The Balaban J connectivity index is 2.34. The summed E-state index contributed by atoms with van der Waals surface area (Å²) in [6.45, 7) is 10.4. The fraction of sp³-hybridized carbons (Fsp3) is 0.412. The quantitative estimate of drug-likeness (QED) is 0.902. The van der Waals surface area contributed by atoms with Gasteiger partial charge in [0.05, 0.1) is 0 Å². The second-order valence-corrected chi connectivity index (χ2v) is 6.87. The number of nitrogens with two attached hydrogens (primary N) is 1. The molecule has 2 atom stereocenters. The molecule has 0 amide bonds. The summed E-state index contributed by atoms with van der Waals surface area (Å²) in [5.41, 5.74) is 9.79. The molecule has 3 heteroatoms. The predicted molar refractivity (Wildman–Crippen MR) is 86.7 cm³/mol. The molecule has 1 heterocycles. The van der Waals surface area contributed by atoms with Crippen molar-refractivity contribution in [3.8, 4) is 5.75 Å². The third-order valence-electron chi connectivity index (χ3n) is 3.54. The Labute approximate surface area is 125 Å². The van der Waals surface area contributed by atoms with Crippen LogP contribution in [0.1, 0.15) is 39.5 Å². The summed E-state index contributed by atoms with van der Waals surface area (Å²) in [7, 11) is 0. The van der Waals surface area contributed by atoms with E-state index in [2.05, 4.69) is 52.0 Å². The van der Waals surface area contributed by atoms with Crippen molar-refractivity contribution >= 4 is 11.3 Å². The monoisotopic (exact) mass is 289 g/mol. The minimum Gasteiger partial charge on any atom is -0.483 e. The highest BCUT2D eigenvalue weighted by atomic mass is 32.1. The molecule has 2 nitrogen and oxygen atoms in total. The van der Waals surface area contributed by atoms with Crippen LogP contribution in [0, 0.1) is 27.7 Å². The van der Waals surface area contributed by atoms with E-state index in [1.54, 1.807) is 11.3 Å². The number of thiophene rings is 1. The van der Waals surface area contributed by atoms with Gasteiger partial charge in [-0.3, -0.25) is 0 Å². The van der Waals surface area contributed by atoms with E-state index >= 15 is 0 Å². The molecule has 0 radical (unpaired) electrons. The van der Waals surface area contributed by atoms with E-state index < -0.39 is 0 Å². The second-order valence-electron chi connectivity index (χ2n) is 5.55. The number of aryl methyl sites for hydroxylation is 3. The highest BCUT2D eigenvalue weighted by Crippen LogP contribution is 2.32. The summed E-state index contributed by atoms with van der Waals surface area (Å²) < 4.78 is 6.25. The topological polar surface area (TPSA) is 35.2 Å². The Morgan fingerprint density at radius 1 is 1.10 bits per heavy atom. The fourth-order valence-corrected chi connectivity index (χ4v) is 3.31. The molecule has 2 aromatic rings. The summed E-state index contributed by atoms with van der Waals surface area (Å²) >= 11 is 1.75. The van der Waals surface area contributed by atoms with Crippen molar-refractivity contribution in [1.82, 2.24) is 0 Å². The molecule has 0 aliphatic rings. The zero-order valence-electron chi connectivity index (χ0n) is 12.9. The summed E-state index contributed by atoms with van der Waals surface area (Å²) in [6.07, 6.45) is -0.0893. The minimum absolute atomic E-state index is 0.0479. The van der Waals surface area contributed by atoms with Crippen molar-refractivity contribution in [2.45, 2.75) is 46.8 Å². The fourth-order valence-electron chi connectivity index (χ4n) is 2.29. The first-order valence-electron chi connectivity index (χ1n) is 6.95. The van der Waals surface area contributed by atoms with Gasteiger partial charge in [-0.15, -0.1) is 11.3 Å². The molecule has 1 aromatic heterocycles. The molecule has 108 valence electrons. The normalized spacial score (nSPS) is 14.1. The summed E-state index contributed by atoms with van der Waals surface area (Å²) in [6, 6.07) is 8.46. The van der Waals surface area contributed by atoms with Gasteiger partial charge in [0.15, 0.2) is 0 Å². The number of ether oxygens (including phenoxy) is 1. The first kappa shape index (κ1) is 15.1. The Bertz CT molecular complexity index is 601. The Morgan fingerprint density at radius 2 is 1.80 bits per heavy atom. The maximum atomic E-state index is 6.25. The van der Waals surface area contributed by atoms with E-state index in [0.29, 0.717) is 0 Å². The smallest absolute Gasteiger partial charge is 0.148 e. The Kier molecular flexibility index (Phi) is 4.51. The Hall–Kier alpha value is -1.32. The molecule has 20 heavy (non-hydrogen) atoms. The summed E-state index contributed by atoms with van der Waals surface area (Å²) in [5, 5.41) is 0. The van der Waals surface area contributed by atoms with E-state index in [-0.39, 0.29) is 12.1 Å². The van der Waals surface area contributed by atoms with Crippen LogP contribution < -0.4 is 10.5 Å². The van der Waals surface area contributed by atoms with Gasteiger partial charge in [0.2, 0.25) is 0 Å². The van der Waals surface area contributed by atoms with Crippen LogP contribution in [0.4, 0.5) is 0 Å².